The lowest BCUT2D eigenvalue weighted by atomic mass is 9.98. The van der Waals surface area contributed by atoms with E-state index in [-0.39, 0.29) is 11.5 Å². The molecule has 0 saturated heterocycles. The second-order valence-electron chi connectivity index (χ2n) is 4.36. The Morgan fingerprint density at radius 3 is 2.70 bits per heavy atom. The maximum absolute atomic E-state index is 12.4. The zero-order valence-electron chi connectivity index (χ0n) is 11.2. The van der Waals surface area contributed by atoms with E-state index in [0.717, 1.165) is 10.9 Å². The minimum atomic E-state index is -0.815. The second-order valence-corrected chi connectivity index (χ2v) is 5.21. The van der Waals surface area contributed by atoms with Crippen molar-refractivity contribution < 1.29 is 14.3 Å². The van der Waals surface area contributed by atoms with Gasteiger partial charge in [0, 0.05) is 9.86 Å². The Morgan fingerprint density at radius 2 is 2.05 bits per heavy atom. The largest absolute Gasteiger partial charge is 0.468 e. The smallest absolute Gasteiger partial charge is 0.316 e. The van der Waals surface area contributed by atoms with Crippen LogP contribution < -0.4 is 0 Å². The van der Waals surface area contributed by atoms with Crippen molar-refractivity contribution in [2.24, 2.45) is 5.92 Å². The highest BCUT2D eigenvalue weighted by Crippen LogP contribution is 2.24. The molecule has 2 rings (SSSR count). The van der Waals surface area contributed by atoms with Gasteiger partial charge in [0.2, 0.25) is 0 Å². The number of nitrogens with zero attached hydrogens (tertiary/aromatic N) is 1. The lowest BCUT2D eigenvalue weighted by Crippen LogP contribution is -2.25. The van der Waals surface area contributed by atoms with Crippen LogP contribution in [0, 0.1) is 5.92 Å². The molecular weight excluding hydrogens is 322 g/mol. The summed E-state index contributed by atoms with van der Waals surface area (Å²) in [5.74, 6) is -1.67. The summed E-state index contributed by atoms with van der Waals surface area (Å²) in [5, 5.41) is 0.932. The van der Waals surface area contributed by atoms with Crippen LogP contribution in [0.15, 0.2) is 34.8 Å². The number of carbonyl (C=O) groups is 2. The topological polar surface area (TPSA) is 56.3 Å². The summed E-state index contributed by atoms with van der Waals surface area (Å²) in [6.07, 6.45) is 0.381. The number of hydrogen-bond donors (Lipinski definition) is 0. The zero-order valence-corrected chi connectivity index (χ0v) is 12.8. The van der Waals surface area contributed by atoms with Crippen molar-refractivity contribution in [2.75, 3.05) is 7.11 Å². The van der Waals surface area contributed by atoms with Crippen LogP contribution >= 0.6 is 15.9 Å². The van der Waals surface area contributed by atoms with Crippen LogP contribution in [0.1, 0.15) is 23.8 Å². The number of hydrogen-bond acceptors (Lipinski definition) is 4. The fraction of sp³-hybridized carbons (Fsp3) is 0.267. The second kappa shape index (κ2) is 6.13. The first-order valence-electron chi connectivity index (χ1n) is 6.25. The van der Waals surface area contributed by atoms with E-state index in [4.69, 9.17) is 0 Å². The predicted molar refractivity (Wildman–Crippen MR) is 79.6 cm³/mol. The summed E-state index contributed by atoms with van der Waals surface area (Å²) >= 11 is 3.35. The average molecular weight is 336 g/mol. The zero-order chi connectivity index (χ0) is 14.7. The van der Waals surface area contributed by atoms with Gasteiger partial charge in [-0.2, -0.15) is 0 Å². The fourth-order valence-corrected chi connectivity index (χ4v) is 2.56. The van der Waals surface area contributed by atoms with E-state index in [1.807, 2.05) is 30.3 Å². The number of carbonyl (C=O) groups excluding carboxylic acids is 2. The molecule has 1 atom stereocenters. The third kappa shape index (κ3) is 2.72. The number of aromatic nitrogens is 1. The number of Topliss-reactive ketones (excluding diaryl/α,β-unsaturated/α-hetero) is 1. The van der Waals surface area contributed by atoms with E-state index in [9.17, 15) is 9.59 Å². The highest BCUT2D eigenvalue weighted by atomic mass is 79.9. The molecule has 1 aromatic carbocycles. The molecule has 0 aliphatic rings. The molecule has 1 aromatic heterocycles. The molecule has 0 bridgehead atoms. The number of para-hydroxylation sites is 1. The van der Waals surface area contributed by atoms with Crippen LogP contribution in [0.25, 0.3) is 10.9 Å². The highest BCUT2D eigenvalue weighted by molar-refractivity contribution is 9.10. The highest BCUT2D eigenvalue weighted by Gasteiger charge is 2.29. The van der Waals surface area contributed by atoms with Crippen LogP contribution in [-0.4, -0.2) is 23.8 Å². The summed E-state index contributed by atoms with van der Waals surface area (Å²) in [4.78, 5) is 28.5. The molecule has 4 nitrogen and oxygen atoms in total. The van der Waals surface area contributed by atoms with Gasteiger partial charge >= 0.3 is 5.97 Å². The maximum Gasteiger partial charge on any atom is 0.316 e. The number of pyridine rings is 1. The van der Waals surface area contributed by atoms with Crippen molar-refractivity contribution in [3.63, 3.8) is 0 Å². The monoisotopic (exact) mass is 335 g/mol. The summed E-state index contributed by atoms with van der Waals surface area (Å²) in [5.41, 5.74) is 0.986. The van der Waals surface area contributed by atoms with Crippen molar-refractivity contribution in [1.29, 1.82) is 0 Å². The van der Waals surface area contributed by atoms with Gasteiger partial charge in [-0.25, -0.2) is 4.98 Å². The SMILES string of the molecule is CCC(C(=O)OC)C(=O)c1nc2ccccc2cc1Br. The Bertz CT molecular complexity index is 669. The summed E-state index contributed by atoms with van der Waals surface area (Å²) in [6.45, 7) is 1.77. The van der Waals surface area contributed by atoms with Gasteiger partial charge in [-0.3, -0.25) is 9.59 Å². The van der Waals surface area contributed by atoms with Crippen LogP contribution in [-0.2, 0) is 9.53 Å². The van der Waals surface area contributed by atoms with E-state index in [1.165, 1.54) is 7.11 Å². The predicted octanol–water partition coefficient (Wildman–Crippen LogP) is 3.38. The van der Waals surface area contributed by atoms with Gasteiger partial charge in [0.05, 0.1) is 12.6 Å². The fourth-order valence-electron chi connectivity index (χ4n) is 2.03. The Kier molecular flexibility index (Phi) is 4.49. The van der Waals surface area contributed by atoms with Crippen LogP contribution in [0.2, 0.25) is 0 Å². The molecule has 0 fully saturated rings. The van der Waals surface area contributed by atoms with E-state index >= 15 is 0 Å². The number of rotatable bonds is 4. The molecule has 104 valence electrons. The lowest BCUT2D eigenvalue weighted by Gasteiger charge is -2.12. The van der Waals surface area contributed by atoms with Crippen LogP contribution in [0.4, 0.5) is 0 Å². The van der Waals surface area contributed by atoms with Gasteiger partial charge < -0.3 is 4.74 Å². The molecular formula is C15H14BrNO3. The molecule has 0 aliphatic carbocycles. The summed E-state index contributed by atoms with van der Waals surface area (Å²) < 4.78 is 5.26. The Labute approximate surface area is 125 Å². The van der Waals surface area contributed by atoms with Crippen molar-refractivity contribution in [3.05, 3.63) is 40.5 Å². The number of benzene rings is 1. The molecule has 5 heteroatoms. The molecule has 20 heavy (non-hydrogen) atoms. The minimum Gasteiger partial charge on any atom is -0.468 e. The molecule has 0 amide bonds. The van der Waals surface area contributed by atoms with Crippen molar-refractivity contribution in [3.8, 4) is 0 Å². The number of ether oxygens (including phenoxy) is 1. The number of ketones is 1. The van der Waals surface area contributed by atoms with Gasteiger partial charge in [0.25, 0.3) is 0 Å². The van der Waals surface area contributed by atoms with Gasteiger partial charge in [0.1, 0.15) is 11.6 Å². The van der Waals surface area contributed by atoms with Gasteiger partial charge in [-0.15, -0.1) is 0 Å². The number of methoxy groups -OCH3 is 1. The molecule has 0 spiro atoms. The third-order valence-electron chi connectivity index (χ3n) is 3.12. The Hall–Kier alpha value is -1.75. The lowest BCUT2D eigenvalue weighted by molar-refractivity contribution is -0.143. The molecule has 1 unspecified atom stereocenters. The number of halogens is 1. The molecule has 1 heterocycles. The number of esters is 1. The van der Waals surface area contributed by atoms with E-state index in [0.29, 0.717) is 10.9 Å². The van der Waals surface area contributed by atoms with Crippen LogP contribution in [0.5, 0.6) is 0 Å². The Morgan fingerprint density at radius 1 is 1.35 bits per heavy atom. The minimum absolute atomic E-state index is 0.265. The third-order valence-corrected chi connectivity index (χ3v) is 3.73. The molecule has 2 aromatic rings. The first-order valence-corrected chi connectivity index (χ1v) is 7.05. The van der Waals surface area contributed by atoms with Gasteiger partial charge in [0.15, 0.2) is 5.78 Å². The van der Waals surface area contributed by atoms with E-state index < -0.39 is 11.9 Å². The molecule has 0 aliphatic heterocycles. The van der Waals surface area contributed by atoms with E-state index in [2.05, 4.69) is 25.7 Å². The quantitative estimate of drug-likeness (QED) is 0.488. The first kappa shape index (κ1) is 14.7. The van der Waals surface area contributed by atoms with Crippen LogP contribution in [0.3, 0.4) is 0 Å². The van der Waals surface area contributed by atoms with Crippen molar-refractivity contribution in [1.82, 2.24) is 4.98 Å². The van der Waals surface area contributed by atoms with Gasteiger partial charge in [-0.1, -0.05) is 25.1 Å². The average Bonchev–Trinajstić information content (AvgIpc) is 2.46. The first-order chi connectivity index (χ1) is 9.58. The Balaban J connectivity index is 2.48. The standard InChI is InChI=1S/C15H14BrNO3/c1-3-10(15(19)20-2)14(18)13-11(16)8-9-6-4-5-7-12(9)17-13/h4-8,10H,3H2,1-2H3. The summed E-state index contributed by atoms with van der Waals surface area (Å²) in [6, 6.07) is 9.34. The van der Waals surface area contributed by atoms with Crippen molar-refractivity contribution >= 4 is 38.6 Å². The molecule has 0 saturated carbocycles. The number of fused-ring (bicyclic) bond motifs is 1. The normalized spacial score (nSPS) is 12.2. The molecule has 0 radical (unpaired) electrons. The van der Waals surface area contributed by atoms with Crippen molar-refractivity contribution in [2.45, 2.75) is 13.3 Å². The van der Waals surface area contributed by atoms with Gasteiger partial charge in [-0.05, 0) is 34.5 Å². The van der Waals surface area contributed by atoms with E-state index in [1.54, 1.807) is 6.92 Å². The maximum atomic E-state index is 12.4. The summed E-state index contributed by atoms with van der Waals surface area (Å²) in [7, 11) is 1.28. The molecule has 0 N–H and O–H groups in total.